The summed E-state index contributed by atoms with van der Waals surface area (Å²) in [6.45, 7) is 4.51. The average Bonchev–Trinajstić information content (AvgIpc) is 2.97. The van der Waals surface area contributed by atoms with E-state index in [0.29, 0.717) is 33.1 Å². The van der Waals surface area contributed by atoms with Crippen LogP contribution >= 0.6 is 23.2 Å². The van der Waals surface area contributed by atoms with Crippen LogP contribution in [0.5, 0.6) is 0 Å². The number of hydrogen-bond donors (Lipinski definition) is 0. The van der Waals surface area contributed by atoms with Gasteiger partial charge in [0.05, 0.1) is 17.0 Å². The number of aryl methyl sites for hydroxylation is 1. The molecule has 0 fully saturated rings. The number of amides is 1. The van der Waals surface area contributed by atoms with Crippen molar-refractivity contribution in [1.29, 1.82) is 0 Å². The number of fused-ring (bicyclic) bond motifs is 2. The number of carbonyl (C=O) groups excluding carboxylic acids is 1. The van der Waals surface area contributed by atoms with Gasteiger partial charge in [-0.2, -0.15) is 0 Å². The lowest BCUT2D eigenvalue weighted by atomic mass is 9.98. The number of halogens is 2. The number of rotatable bonds is 5. The fraction of sp³-hybridized carbons (Fsp3) is 0.304. The van der Waals surface area contributed by atoms with Crippen LogP contribution in [0.1, 0.15) is 59.5 Å². The van der Waals surface area contributed by atoms with Gasteiger partial charge in [0, 0.05) is 16.6 Å². The topological polar surface area (TPSA) is 50.5 Å². The summed E-state index contributed by atoms with van der Waals surface area (Å²) in [7, 11) is 0. The summed E-state index contributed by atoms with van der Waals surface area (Å²) in [6.07, 6.45) is 2.91. The average molecular weight is 430 g/mol. The zero-order valence-corrected chi connectivity index (χ0v) is 17.8. The van der Waals surface area contributed by atoms with E-state index < -0.39 is 6.04 Å². The molecule has 0 bridgehead atoms. The van der Waals surface area contributed by atoms with E-state index in [1.807, 2.05) is 19.1 Å². The van der Waals surface area contributed by atoms with Gasteiger partial charge in [-0.25, -0.2) is 0 Å². The van der Waals surface area contributed by atoms with E-state index in [1.165, 1.54) is 0 Å². The van der Waals surface area contributed by atoms with Crippen LogP contribution in [0.2, 0.25) is 10.0 Å². The molecule has 0 radical (unpaired) electrons. The van der Waals surface area contributed by atoms with E-state index in [0.717, 1.165) is 30.4 Å². The molecule has 0 N–H and O–H groups in total. The van der Waals surface area contributed by atoms with Gasteiger partial charge in [-0.05, 0) is 48.7 Å². The third-order valence-electron chi connectivity index (χ3n) is 5.44. The third-order valence-corrected chi connectivity index (χ3v) is 6.09. The summed E-state index contributed by atoms with van der Waals surface area (Å²) in [4.78, 5) is 28.4. The Morgan fingerprint density at radius 2 is 1.79 bits per heavy atom. The monoisotopic (exact) mass is 429 g/mol. The zero-order valence-electron chi connectivity index (χ0n) is 16.3. The van der Waals surface area contributed by atoms with Crippen LogP contribution in [0.25, 0.3) is 11.0 Å². The Kier molecular flexibility index (Phi) is 5.41. The molecular formula is C23H21Cl2NO3. The molecule has 0 saturated heterocycles. The number of nitrogens with zero attached hydrogens (tertiary/aromatic N) is 1. The van der Waals surface area contributed by atoms with Crippen molar-refractivity contribution in [2.24, 2.45) is 0 Å². The summed E-state index contributed by atoms with van der Waals surface area (Å²) in [5.74, 6) is -0.122. The van der Waals surface area contributed by atoms with Gasteiger partial charge in [0.1, 0.15) is 5.58 Å². The normalized spacial score (nSPS) is 15.9. The molecule has 1 unspecified atom stereocenters. The first-order valence-corrected chi connectivity index (χ1v) is 10.5. The van der Waals surface area contributed by atoms with Crippen LogP contribution in [0.3, 0.4) is 0 Å². The predicted octanol–water partition coefficient (Wildman–Crippen LogP) is 6.14. The Morgan fingerprint density at radius 3 is 2.48 bits per heavy atom. The molecule has 1 aliphatic rings. The predicted molar refractivity (Wildman–Crippen MR) is 116 cm³/mol. The highest BCUT2D eigenvalue weighted by Gasteiger charge is 2.42. The van der Waals surface area contributed by atoms with Crippen molar-refractivity contribution in [3.63, 3.8) is 0 Å². The quantitative estimate of drug-likeness (QED) is 0.457. The summed E-state index contributed by atoms with van der Waals surface area (Å²) in [5, 5.41) is 1.49. The standard InChI is InChI=1S/C23H21Cl2NO3/c1-3-4-5-10-26-20(14-6-8-15(24)9-7-14)19-21(27)16-12-17(25)13(2)11-18(16)29-22(19)23(26)28/h6-9,11-12,20H,3-5,10H2,1-2H3. The zero-order chi connectivity index (χ0) is 20.7. The van der Waals surface area contributed by atoms with Gasteiger partial charge in [0.25, 0.3) is 5.91 Å². The van der Waals surface area contributed by atoms with E-state index in [9.17, 15) is 9.59 Å². The summed E-state index contributed by atoms with van der Waals surface area (Å²) in [5.41, 5.74) is 2.18. The lowest BCUT2D eigenvalue weighted by Gasteiger charge is -2.25. The van der Waals surface area contributed by atoms with Crippen LogP contribution in [-0.4, -0.2) is 17.4 Å². The van der Waals surface area contributed by atoms with Crippen LogP contribution in [0, 0.1) is 6.92 Å². The van der Waals surface area contributed by atoms with Crippen molar-refractivity contribution < 1.29 is 9.21 Å². The fourth-order valence-electron chi connectivity index (χ4n) is 3.90. The van der Waals surface area contributed by atoms with Crippen molar-refractivity contribution in [1.82, 2.24) is 4.90 Å². The first-order valence-electron chi connectivity index (χ1n) is 9.75. The molecule has 1 aliphatic heterocycles. The molecule has 1 atom stereocenters. The molecule has 2 heterocycles. The SMILES string of the molecule is CCCCCN1C(=O)c2oc3cc(C)c(Cl)cc3c(=O)c2C1c1ccc(Cl)cc1. The van der Waals surface area contributed by atoms with E-state index in [4.69, 9.17) is 27.6 Å². The van der Waals surface area contributed by atoms with Gasteiger partial charge < -0.3 is 9.32 Å². The minimum atomic E-state index is -0.493. The van der Waals surface area contributed by atoms with Gasteiger partial charge in [-0.3, -0.25) is 9.59 Å². The van der Waals surface area contributed by atoms with Crippen molar-refractivity contribution >= 4 is 40.1 Å². The molecule has 6 heteroatoms. The van der Waals surface area contributed by atoms with E-state index in [-0.39, 0.29) is 17.1 Å². The van der Waals surface area contributed by atoms with Gasteiger partial charge in [-0.1, -0.05) is 55.1 Å². The summed E-state index contributed by atoms with van der Waals surface area (Å²) in [6, 6.07) is 10.1. The Labute approximate surface area is 179 Å². The first kappa shape index (κ1) is 20.0. The number of hydrogen-bond acceptors (Lipinski definition) is 3. The van der Waals surface area contributed by atoms with E-state index >= 15 is 0 Å². The smallest absolute Gasteiger partial charge is 0.290 e. The second-order valence-corrected chi connectivity index (χ2v) is 8.27. The Balaban J connectivity index is 1.93. The third kappa shape index (κ3) is 3.45. The minimum Gasteiger partial charge on any atom is -0.450 e. The second-order valence-electron chi connectivity index (χ2n) is 7.43. The highest BCUT2D eigenvalue weighted by molar-refractivity contribution is 6.32. The second kappa shape index (κ2) is 7.85. The molecule has 3 aromatic rings. The molecule has 4 nitrogen and oxygen atoms in total. The van der Waals surface area contributed by atoms with E-state index in [2.05, 4.69) is 6.92 Å². The van der Waals surface area contributed by atoms with Crippen LogP contribution < -0.4 is 5.43 Å². The molecule has 0 saturated carbocycles. The van der Waals surface area contributed by atoms with Crippen LogP contribution in [0.15, 0.2) is 45.6 Å². The maximum absolute atomic E-state index is 13.4. The van der Waals surface area contributed by atoms with Crippen LogP contribution in [-0.2, 0) is 0 Å². The van der Waals surface area contributed by atoms with Gasteiger partial charge in [-0.15, -0.1) is 0 Å². The Morgan fingerprint density at radius 1 is 1.07 bits per heavy atom. The fourth-order valence-corrected chi connectivity index (χ4v) is 4.18. The minimum absolute atomic E-state index is 0.126. The number of unbranched alkanes of at least 4 members (excludes halogenated alkanes) is 2. The Bertz CT molecular complexity index is 1150. The number of benzene rings is 2. The molecule has 1 aromatic heterocycles. The largest absolute Gasteiger partial charge is 0.450 e. The summed E-state index contributed by atoms with van der Waals surface area (Å²) < 4.78 is 5.97. The molecule has 1 amide bonds. The van der Waals surface area contributed by atoms with Crippen LogP contribution in [0.4, 0.5) is 0 Å². The molecule has 0 spiro atoms. The highest BCUT2D eigenvalue weighted by Crippen LogP contribution is 2.39. The van der Waals surface area contributed by atoms with Gasteiger partial charge in [0.15, 0.2) is 5.43 Å². The highest BCUT2D eigenvalue weighted by atomic mass is 35.5. The lowest BCUT2D eigenvalue weighted by Crippen LogP contribution is -2.30. The van der Waals surface area contributed by atoms with Crippen molar-refractivity contribution in [2.75, 3.05) is 6.54 Å². The lowest BCUT2D eigenvalue weighted by molar-refractivity contribution is 0.0724. The molecule has 0 aliphatic carbocycles. The first-order chi connectivity index (χ1) is 13.9. The molecule has 29 heavy (non-hydrogen) atoms. The van der Waals surface area contributed by atoms with Crippen molar-refractivity contribution in [3.05, 3.63) is 79.1 Å². The molecule has 2 aromatic carbocycles. The van der Waals surface area contributed by atoms with Gasteiger partial charge in [0.2, 0.25) is 5.76 Å². The van der Waals surface area contributed by atoms with E-state index in [1.54, 1.807) is 29.2 Å². The van der Waals surface area contributed by atoms with Crippen molar-refractivity contribution in [2.45, 2.75) is 39.2 Å². The summed E-state index contributed by atoms with van der Waals surface area (Å²) >= 11 is 12.3. The Hall–Kier alpha value is -2.30. The maximum atomic E-state index is 13.4. The van der Waals surface area contributed by atoms with Crippen molar-refractivity contribution in [3.8, 4) is 0 Å². The maximum Gasteiger partial charge on any atom is 0.290 e. The molecule has 4 rings (SSSR count). The number of carbonyl (C=O) groups is 1. The molecule has 150 valence electrons. The van der Waals surface area contributed by atoms with Gasteiger partial charge >= 0.3 is 0 Å². The molecular weight excluding hydrogens is 409 g/mol.